The highest BCUT2D eigenvalue weighted by molar-refractivity contribution is 14.1. The lowest BCUT2D eigenvalue weighted by molar-refractivity contribution is -0.129. The van der Waals surface area contributed by atoms with Crippen LogP contribution in [0.5, 0.6) is 11.5 Å². The van der Waals surface area contributed by atoms with Crippen LogP contribution in [-0.4, -0.2) is 30.9 Å². The molecule has 0 amide bonds. The zero-order chi connectivity index (χ0) is 24.9. The number of aliphatic imine (C=N–C) groups is 1. The van der Waals surface area contributed by atoms with Gasteiger partial charge in [-0.1, -0.05) is 30.3 Å². The van der Waals surface area contributed by atoms with Gasteiger partial charge in [-0.3, -0.25) is 4.79 Å². The summed E-state index contributed by atoms with van der Waals surface area (Å²) in [5.41, 5.74) is 2.08. The van der Waals surface area contributed by atoms with Gasteiger partial charge in [-0.05, 0) is 103 Å². The van der Waals surface area contributed by atoms with Crippen molar-refractivity contribution in [2.24, 2.45) is 4.99 Å². The number of halogens is 3. The molecule has 0 saturated heterocycles. The number of cyclic esters (lactones) is 1. The number of hydrogen-bond acceptors (Lipinski definition) is 6. The van der Waals surface area contributed by atoms with Crippen molar-refractivity contribution in [2.75, 3.05) is 13.2 Å². The second kappa shape index (κ2) is 11.5. The molecule has 0 radical (unpaired) electrons. The second-order valence-electron chi connectivity index (χ2n) is 7.31. The molecular weight excluding hydrogens is 693 g/mol. The van der Waals surface area contributed by atoms with E-state index in [9.17, 15) is 9.59 Å². The second-order valence-corrected chi connectivity index (χ2v) is 10.2. The monoisotopic (exact) mass is 709 g/mol. The number of ketones is 1. The van der Waals surface area contributed by atoms with Gasteiger partial charge in [0.1, 0.15) is 0 Å². The standard InChI is InChI=1S/C26H18Br2INO5/c1-2-33-23-12-15(10-19(28)24(23)34-14-22(31)16-6-4-3-5-7-16)11-21-26(32)35-25(30-21)17-8-9-20(29)18(27)13-17/h3-13H,2,14H2,1H3/b21-11-. The fourth-order valence-corrected chi connectivity index (χ4v) is 4.53. The number of nitrogens with zero attached hydrogens (tertiary/aromatic N) is 1. The average Bonchev–Trinajstić information content (AvgIpc) is 3.21. The van der Waals surface area contributed by atoms with Crippen LogP contribution >= 0.6 is 54.5 Å². The van der Waals surface area contributed by atoms with Crippen LogP contribution in [0.15, 0.2) is 80.3 Å². The summed E-state index contributed by atoms with van der Waals surface area (Å²) in [5.74, 6) is 0.384. The Kier molecular flexibility index (Phi) is 8.40. The van der Waals surface area contributed by atoms with Gasteiger partial charge in [0, 0.05) is 19.2 Å². The van der Waals surface area contributed by atoms with E-state index in [0.717, 1.165) is 8.04 Å². The summed E-state index contributed by atoms with van der Waals surface area (Å²) < 4.78 is 19.4. The van der Waals surface area contributed by atoms with E-state index in [0.29, 0.717) is 39.3 Å². The van der Waals surface area contributed by atoms with Crippen LogP contribution in [0.1, 0.15) is 28.4 Å². The van der Waals surface area contributed by atoms with Gasteiger partial charge in [-0.25, -0.2) is 9.79 Å². The SMILES string of the molecule is CCOc1cc(/C=C2\N=C(c3ccc(I)c(Br)c3)OC2=O)cc(Br)c1OCC(=O)c1ccccc1. The van der Waals surface area contributed by atoms with Crippen molar-refractivity contribution in [2.45, 2.75) is 6.92 Å². The van der Waals surface area contributed by atoms with Gasteiger partial charge in [-0.15, -0.1) is 0 Å². The molecule has 0 aromatic heterocycles. The van der Waals surface area contributed by atoms with E-state index in [1.165, 1.54) is 0 Å². The summed E-state index contributed by atoms with van der Waals surface area (Å²) in [6, 6.07) is 18.0. The van der Waals surface area contributed by atoms with E-state index in [1.807, 2.05) is 31.2 Å². The Morgan fingerprint density at radius 3 is 2.54 bits per heavy atom. The molecule has 1 aliphatic heterocycles. The van der Waals surface area contributed by atoms with Gasteiger partial charge >= 0.3 is 5.97 Å². The largest absolute Gasteiger partial charge is 0.490 e. The molecule has 9 heteroatoms. The smallest absolute Gasteiger partial charge is 0.363 e. The topological polar surface area (TPSA) is 74.2 Å². The van der Waals surface area contributed by atoms with Gasteiger partial charge in [-0.2, -0.15) is 0 Å². The molecule has 0 saturated carbocycles. The van der Waals surface area contributed by atoms with E-state index in [-0.39, 0.29) is 24.0 Å². The number of carbonyl (C=O) groups is 2. The molecule has 6 nitrogen and oxygen atoms in total. The maximum Gasteiger partial charge on any atom is 0.363 e. The molecule has 0 bridgehead atoms. The van der Waals surface area contributed by atoms with Crippen molar-refractivity contribution in [3.05, 3.63) is 95.6 Å². The summed E-state index contributed by atoms with van der Waals surface area (Å²) in [4.78, 5) is 29.3. The maximum absolute atomic E-state index is 12.5. The molecule has 0 spiro atoms. The minimum absolute atomic E-state index is 0.144. The molecule has 1 heterocycles. The van der Waals surface area contributed by atoms with Gasteiger partial charge in [0.15, 0.2) is 29.6 Å². The van der Waals surface area contributed by atoms with E-state index in [2.05, 4.69) is 59.4 Å². The van der Waals surface area contributed by atoms with Crippen molar-refractivity contribution in [3.63, 3.8) is 0 Å². The van der Waals surface area contributed by atoms with E-state index in [4.69, 9.17) is 14.2 Å². The Labute approximate surface area is 232 Å². The molecule has 4 rings (SSSR count). The molecule has 35 heavy (non-hydrogen) atoms. The third-order valence-electron chi connectivity index (χ3n) is 4.87. The number of Topliss-reactive ketones (excluding diaryl/α,β-unsaturated/α-hetero) is 1. The third kappa shape index (κ3) is 6.20. The van der Waals surface area contributed by atoms with Gasteiger partial charge in [0.2, 0.25) is 5.90 Å². The summed E-state index contributed by atoms with van der Waals surface area (Å²) in [6.07, 6.45) is 1.61. The Morgan fingerprint density at radius 1 is 1.06 bits per heavy atom. The minimum atomic E-state index is -0.544. The first-order chi connectivity index (χ1) is 16.9. The molecule has 0 N–H and O–H groups in total. The van der Waals surface area contributed by atoms with Crippen LogP contribution in [0.25, 0.3) is 6.08 Å². The van der Waals surface area contributed by atoms with Crippen LogP contribution in [0, 0.1) is 3.57 Å². The first kappa shape index (κ1) is 25.6. The predicted molar refractivity (Wildman–Crippen MR) is 149 cm³/mol. The Bertz CT molecular complexity index is 1360. The Morgan fingerprint density at radius 2 is 1.83 bits per heavy atom. The van der Waals surface area contributed by atoms with Crippen molar-refractivity contribution in [3.8, 4) is 11.5 Å². The van der Waals surface area contributed by atoms with Gasteiger partial charge < -0.3 is 14.2 Å². The average molecular weight is 711 g/mol. The molecule has 178 valence electrons. The number of esters is 1. The van der Waals surface area contributed by atoms with E-state index in [1.54, 1.807) is 42.5 Å². The highest BCUT2D eigenvalue weighted by Gasteiger charge is 2.25. The summed E-state index contributed by atoms with van der Waals surface area (Å²) >= 11 is 9.18. The van der Waals surface area contributed by atoms with Crippen molar-refractivity contribution in [1.29, 1.82) is 0 Å². The normalized spacial score (nSPS) is 14.0. The molecule has 0 atom stereocenters. The Balaban J connectivity index is 1.59. The zero-order valence-electron chi connectivity index (χ0n) is 18.4. The lowest BCUT2D eigenvalue weighted by Gasteiger charge is -2.14. The Hall–Kier alpha value is -2.50. The van der Waals surface area contributed by atoms with Crippen LogP contribution in [-0.2, 0) is 9.53 Å². The highest BCUT2D eigenvalue weighted by Crippen LogP contribution is 2.38. The fourth-order valence-electron chi connectivity index (χ4n) is 3.24. The zero-order valence-corrected chi connectivity index (χ0v) is 23.7. The van der Waals surface area contributed by atoms with Crippen molar-refractivity contribution >= 4 is 78.2 Å². The van der Waals surface area contributed by atoms with Crippen LogP contribution in [0.4, 0.5) is 0 Å². The minimum Gasteiger partial charge on any atom is -0.490 e. The molecule has 0 unspecified atom stereocenters. The fraction of sp³-hybridized carbons (Fsp3) is 0.115. The van der Waals surface area contributed by atoms with Crippen LogP contribution in [0.3, 0.4) is 0 Å². The third-order valence-corrected chi connectivity index (χ3v) is 7.79. The predicted octanol–water partition coefficient (Wildman–Crippen LogP) is 6.82. The number of ether oxygens (including phenoxy) is 3. The van der Waals surface area contributed by atoms with E-state index < -0.39 is 5.97 Å². The molecule has 3 aromatic rings. The summed E-state index contributed by atoms with van der Waals surface area (Å²) in [5, 5.41) is 0. The molecular formula is C26H18Br2INO5. The molecule has 0 aliphatic carbocycles. The first-order valence-corrected chi connectivity index (χ1v) is 13.2. The molecule has 0 fully saturated rings. The number of rotatable bonds is 8. The molecule has 1 aliphatic rings. The lowest BCUT2D eigenvalue weighted by Crippen LogP contribution is -2.12. The van der Waals surface area contributed by atoms with Crippen molar-refractivity contribution < 1.29 is 23.8 Å². The van der Waals surface area contributed by atoms with Crippen LogP contribution in [0.2, 0.25) is 0 Å². The number of hydrogen-bond donors (Lipinski definition) is 0. The lowest BCUT2D eigenvalue weighted by atomic mass is 10.1. The first-order valence-electron chi connectivity index (χ1n) is 10.5. The molecule has 3 aromatic carbocycles. The highest BCUT2D eigenvalue weighted by atomic mass is 127. The summed E-state index contributed by atoms with van der Waals surface area (Å²) in [7, 11) is 0. The van der Waals surface area contributed by atoms with Crippen LogP contribution < -0.4 is 9.47 Å². The number of carbonyl (C=O) groups excluding carboxylic acids is 2. The number of benzene rings is 3. The quantitative estimate of drug-likeness (QED) is 0.111. The van der Waals surface area contributed by atoms with Gasteiger partial charge in [0.05, 0.1) is 11.1 Å². The van der Waals surface area contributed by atoms with E-state index >= 15 is 0 Å². The van der Waals surface area contributed by atoms with Gasteiger partial charge in [0.25, 0.3) is 0 Å². The maximum atomic E-state index is 12.5. The van der Waals surface area contributed by atoms with Crippen molar-refractivity contribution in [1.82, 2.24) is 0 Å². The summed E-state index contributed by atoms with van der Waals surface area (Å²) in [6.45, 7) is 2.10.